The lowest BCUT2D eigenvalue weighted by Gasteiger charge is -2.25. The molecule has 1 aliphatic carbocycles. The lowest BCUT2D eigenvalue weighted by molar-refractivity contribution is 0.0586. The topological polar surface area (TPSA) is 96.8 Å². The largest absolute Gasteiger partial charge is 0.480 e. The predicted molar refractivity (Wildman–Crippen MR) is 109 cm³/mol. The van der Waals surface area contributed by atoms with E-state index in [2.05, 4.69) is 30.6 Å². The van der Waals surface area contributed by atoms with Gasteiger partial charge in [-0.25, -0.2) is 19.6 Å². The van der Waals surface area contributed by atoms with E-state index in [-0.39, 0.29) is 5.88 Å². The molecule has 2 aromatic rings. The molecule has 3 rings (SSSR count). The second kappa shape index (κ2) is 10.8. The van der Waals surface area contributed by atoms with Gasteiger partial charge in [-0.1, -0.05) is 6.42 Å². The molecule has 8 nitrogen and oxygen atoms in total. The minimum absolute atomic E-state index is 0.259. The summed E-state index contributed by atoms with van der Waals surface area (Å²) in [5.74, 6) is 0.267. The lowest BCUT2D eigenvalue weighted by atomic mass is 9.80. The molecule has 1 aliphatic rings. The molecule has 2 heterocycles. The van der Waals surface area contributed by atoms with Crippen LogP contribution in [0.2, 0.25) is 0 Å². The van der Waals surface area contributed by atoms with E-state index < -0.39 is 11.9 Å². The van der Waals surface area contributed by atoms with Crippen molar-refractivity contribution < 1.29 is 28.5 Å². The zero-order chi connectivity index (χ0) is 21.4. The average Bonchev–Trinajstić information content (AvgIpc) is 2.71. The Morgan fingerprint density at radius 1 is 0.897 bits per heavy atom. The number of nitrogens with zero attached hydrogens (tertiary/aromatic N) is 2. The molecule has 0 N–H and O–H groups in total. The monoisotopic (exact) mass is 466 g/mol. The number of hydrogen-bond donors (Lipinski definition) is 0. The first-order chi connectivity index (χ1) is 13.9. The van der Waals surface area contributed by atoms with E-state index in [9.17, 15) is 9.59 Å². The molecule has 0 spiro atoms. The molecule has 9 heteroatoms. The maximum Gasteiger partial charge on any atom is 0.343 e. The fraction of sp³-hybridized carbons (Fsp3) is 0.400. The number of esters is 2. The zero-order valence-electron chi connectivity index (χ0n) is 16.7. The summed E-state index contributed by atoms with van der Waals surface area (Å²) in [6, 6.07) is 3.43. The van der Waals surface area contributed by atoms with E-state index in [4.69, 9.17) is 14.2 Å². The minimum atomic E-state index is -0.467. The first-order valence-corrected chi connectivity index (χ1v) is 9.64. The number of carbonyl (C=O) groups excluding carboxylic acids is 2. The van der Waals surface area contributed by atoms with E-state index >= 15 is 0 Å². The van der Waals surface area contributed by atoms with Gasteiger partial charge in [0.1, 0.15) is 11.1 Å². The van der Waals surface area contributed by atoms with Gasteiger partial charge in [-0.2, -0.15) is 0 Å². The number of carbonyl (C=O) groups is 2. The Morgan fingerprint density at radius 2 is 1.41 bits per heavy atom. The fourth-order valence-corrected chi connectivity index (χ4v) is 3.03. The normalized spacial score (nSPS) is 12.7. The van der Waals surface area contributed by atoms with Crippen LogP contribution in [0.25, 0.3) is 0 Å². The number of methoxy groups -OCH3 is 4. The van der Waals surface area contributed by atoms with Crippen LogP contribution in [0.1, 0.15) is 51.5 Å². The van der Waals surface area contributed by atoms with Crippen LogP contribution in [-0.4, -0.2) is 50.3 Å². The quantitative estimate of drug-likeness (QED) is 0.613. The molecule has 0 bridgehead atoms. The van der Waals surface area contributed by atoms with Crippen molar-refractivity contribution in [1.29, 1.82) is 0 Å². The standard InChI is InChI=1S/C12H15NO3.C8H8BrNO3/c1-15-11-10(12(14)16-2)6-9(7-13-11)8-4-3-5-8;1-12-7-6(8(11)13-2)3-5(9)4-10-7/h6-8H,3-5H2,1-2H3;3-4H,1-2H3. The van der Waals surface area contributed by atoms with Gasteiger partial charge in [0, 0.05) is 16.9 Å². The summed E-state index contributed by atoms with van der Waals surface area (Å²) in [7, 11) is 5.61. The zero-order valence-corrected chi connectivity index (χ0v) is 18.3. The molecular weight excluding hydrogens is 444 g/mol. The number of halogens is 1. The fourth-order valence-electron chi connectivity index (χ4n) is 2.70. The van der Waals surface area contributed by atoms with Crippen LogP contribution in [0.5, 0.6) is 11.8 Å². The summed E-state index contributed by atoms with van der Waals surface area (Å²) in [6.07, 6.45) is 6.94. The van der Waals surface area contributed by atoms with Crippen LogP contribution in [0.15, 0.2) is 29.0 Å². The molecule has 156 valence electrons. The molecule has 0 aliphatic heterocycles. The van der Waals surface area contributed by atoms with Gasteiger partial charge in [0.25, 0.3) is 0 Å². The van der Waals surface area contributed by atoms with Gasteiger partial charge in [0.2, 0.25) is 11.8 Å². The van der Waals surface area contributed by atoms with Crippen LogP contribution in [-0.2, 0) is 9.47 Å². The molecule has 0 atom stereocenters. The first-order valence-electron chi connectivity index (χ1n) is 8.85. The van der Waals surface area contributed by atoms with Gasteiger partial charge in [-0.05, 0) is 52.4 Å². The van der Waals surface area contributed by atoms with Crippen LogP contribution in [0.3, 0.4) is 0 Å². The van der Waals surface area contributed by atoms with Crippen LogP contribution < -0.4 is 9.47 Å². The summed E-state index contributed by atoms with van der Waals surface area (Å²) < 4.78 is 19.9. The molecular formula is C20H23BrN2O6. The maximum absolute atomic E-state index is 11.5. The molecule has 0 saturated heterocycles. The van der Waals surface area contributed by atoms with Crippen molar-refractivity contribution in [2.75, 3.05) is 28.4 Å². The second-order valence-electron chi connectivity index (χ2n) is 6.15. The first kappa shape index (κ1) is 22.6. The van der Waals surface area contributed by atoms with Crippen molar-refractivity contribution in [3.05, 3.63) is 45.7 Å². The molecule has 1 saturated carbocycles. The van der Waals surface area contributed by atoms with E-state index in [0.717, 1.165) is 5.56 Å². The van der Waals surface area contributed by atoms with Gasteiger partial charge in [-0.15, -0.1) is 0 Å². The third-order valence-electron chi connectivity index (χ3n) is 4.46. The van der Waals surface area contributed by atoms with E-state index in [1.54, 1.807) is 18.5 Å². The molecule has 0 aromatic carbocycles. The molecule has 0 amide bonds. The third-order valence-corrected chi connectivity index (χ3v) is 4.90. The van der Waals surface area contributed by atoms with E-state index in [0.29, 0.717) is 27.4 Å². The minimum Gasteiger partial charge on any atom is -0.480 e. The molecule has 1 fully saturated rings. The van der Waals surface area contributed by atoms with Crippen molar-refractivity contribution in [2.45, 2.75) is 25.2 Å². The van der Waals surface area contributed by atoms with Gasteiger partial charge in [0.15, 0.2) is 0 Å². The van der Waals surface area contributed by atoms with Crippen molar-refractivity contribution >= 4 is 27.9 Å². The SMILES string of the molecule is COC(=O)c1cc(Br)cnc1OC.COC(=O)c1cc(C2CCC2)cnc1OC. The summed E-state index contributed by atoms with van der Waals surface area (Å²) >= 11 is 3.20. The summed E-state index contributed by atoms with van der Waals surface area (Å²) in [5.41, 5.74) is 1.82. The van der Waals surface area contributed by atoms with E-state index in [1.165, 1.54) is 47.7 Å². The van der Waals surface area contributed by atoms with Crippen LogP contribution in [0, 0.1) is 0 Å². The number of ether oxygens (including phenoxy) is 4. The predicted octanol–water partition coefficient (Wildman–Crippen LogP) is 3.78. The Bertz CT molecular complexity index is 870. The average molecular weight is 467 g/mol. The highest BCUT2D eigenvalue weighted by Crippen LogP contribution is 2.37. The van der Waals surface area contributed by atoms with E-state index in [1.807, 2.05) is 6.07 Å². The maximum atomic E-state index is 11.5. The number of pyridine rings is 2. The third kappa shape index (κ3) is 5.66. The molecule has 2 aromatic heterocycles. The van der Waals surface area contributed by atoms with Crippen molar-refractivity contribution in [3.8, 4) is 11.8 Å². The van der Waals surface area contributed by atoms with Gasteiger partial charge in [-0.3, -0.25) is 0 Å². The Hall–Kier alpha value is -2.68. The number of hydrogen-bond acceptors (Lipinski definition) is 8. The Morgan fingerprint density at radius 3 is 1.86 bits per heavy atom. The Balaban J connectivity index is 0.000000212. The van der Waals surface area contributed by atoms with Gasteiger partial charge < -0.3 is 18.9 Å². The highest BCUT2D eigenvalue weighted by atomic mass is 79.9. The summed E-state index contributed by atoms with van der Waals surface area (Å²) in [6.45, 7) is 0. The molecule has 0 radical (unpaired) electrons. The smallest absolute Gasteiger partial charge is 0.343 e. The van der Waals surface area contributed by atoms with Crippen molar-refractivity contribution in [3.63, 3.8) is 0 Å². The summed E-state index contributed by atoms with van der Waals surface area (Å²) in [4.78, 5) is 30.8. The molecule has 0 unspecified atom stereocenters. The Kier molecular flexibility index (Phi) is 8.38. The van der Waals surface area contributed by atoms with Gasteiger partial charge >= 0.3 is 11.9 Å². The summed E-state index contributed by atoms with van der Waals surface area (Å²) in [5, 5.41) is 0. The Labute approximate surface area is 177 Å². The van der Waals surface area contributed by atoms with Crippen LogP contribution >= 0.6 is 15.9 Å². The number of rotatable bonds is 5. The lowest BCUT2D eigenvalue weighted by Crippen LogP contribution is -2.12. The van der Waals surface area contributed by atoms with Gasteiger partial charge in [0.05, 0.1) is 28.4 Å². The van der Waals surface area contributed by atoms with Crippen molar-refractivity contribution in [1.82, 2.24) is 9.97 Å². The van der Waals surface area contributed by atoms with Crippen molar-refractivity contribution in [2.24, 2.45) is 0 Å². The highest BCUT2D eigenvalue weighted by Gasteiger charge is 2.23. The number of aromatic nitrogens is 2. The highest BCUT2D eigenvalue weighted by molar-refractivity contribution is 9.10. The second-order valence-corrected chi connectivity index (χ2v) is 7.06. The van der Waals surface area contributed by atoms with Crippen LogP contribution in [0.4, 0.5) is 0 Å². The molecule has 29 heavy (non-hydrogen) atoms.